The van der Waals surface area contributed by atoms with Crippen molar-refractivity contribution in [3.05, 3.63) is 40.6 Å². The molecule has 0 saturated carbocycles. The number of hydrogen-bond acceptors (Lipinski definition) is 3. The molecule has 1 heterocycles. The first-order valence-corrected chi connectivity index (χ1v) is 5.99. The monoisotopic (exact) mass is 296 g/mol. The van der Waals surface area contributed by atoms with Crippen molar-refractivity contribution in [2.75, 3.05) is 0 Å². The van der Waals surface area contributed by atoms with E-state index in [-0.39, 0.29) is 0 Å². The van der Waals surface area contributed by atoms with Crippen LogP contribution in [0.15, 0.2) is 35.1 Å². The van der Waals surface area contributed by atoms with E-state index < -0.39 is 6.10 Å². The first kappa shape index (κ1) is 12.1. The van der Waals surface area contributed by atoms with Crippen LogP contribution < -0.4 is 4.74 Å². The van der Waals surface area contributed by atoms with E-state index in [9.17, 15) is 5.11 Å². The van der Waals surface area contributed by atoms with Crippen LogP contribution in [0.25, 0.3) is 0 Å². The van der Waals surface area contributed by atoms with E-state index in [4.69, 9.17) is 4.74 Å². The van der Waals surface area contributed by atoms with Crippen LogP contribution >= 0.6 is 15.9 Å². The second-order valence-electron chi connectivity index (χ2n) is 3.82. The van der Waals surface area contributed by atoms with Gasteiger partial charge in [0.25, 0.3) is 0 Å². The van der Waals surface area contributed by atoms with Gasteiger partial charge in [0.2, 0.25) is 0 Å². The molecule has 17 heavy (non-hydrogen) atoms. The topological polar surface area (TPSA) is 47.3 Å². The van der Waals surface area contributed by atoms with E-state index in [2.05, 4.69) is 21.0 Å². The zero-order valence-electron chi connectivity index (χ0n) is 9.59. The summed E-state index contributed by atoms with van der Waals surface area (Å²) in [6.45, 7) is 1.73. The van der Waals surface area contributed by atoms with Crippen LogP contribution in [0.3, 0.4) is 0 Å². The minimum atomic E-state index is -0.487. The van der Waals surface area contributed by atoms with Crippen molar-refractivity contribution in [2.45, 2.75) is 13.0 Å². The first-order valence-electron chi connectivity index (χ1n) is 5.20. The summed E-state index contributed by atoms with van der Waals surface area (Å²) >= 11 is 3.42. The van der Waals surface area contributed by atoms with Gasteiger partial charge in [0.15, 0.2) is 5.75 Å². The molecule has 0 aliphatic carbocycles. The SMILES string of the molecule is C[C@@H](O)c1ccc(Oc2cnn(C)c2)c(Br)c1. The maximum absolute atomic E-state index is 9.46. The molecule has 1 atom stereocenters. The number of ether oxygens (including phenoxy) is 1. The van der Waals surface area contributed by atoms with Gasteiger partial charge in [-0.25, -0.2) is 0 Å². The fourth-order valence-electron chi connectivity index (χ4n) is 1.44. The Labute approximate surface area is 108 Å². The van der Waals surface area contributed by atoms with E-state index >= 15 is 0 Å². The lowest BCUT2D eigenvalue weighted by Gasteiger charge is -2.09. The number of aromatic nitrogens is 2. The quantitative estimate of drug-likeness (QED) is 0.947. The van der Waals surface area contributed by atoms with Gasteiger partial charge in [0, 0.05) is 7.05 Å². The van der Waals surface area contributed by atoms with E-state index in [1.54, 1.807) is 24.0 Å². The Morgan fingerprint density at radius 3 is 2.76 bits per heavy atom. The van der Waals surface area contributed by atoms with Gasteiger partial charge in [-0.3, -0.25) is 4.68 Å². The van der Waals surface area contributed by atoms with Crippen molar-refractivity contribution >= 4 is 15.9 Å². The van der Waals surface area contributed by atoms with Crippen LogP contribution in [0.2, 0.25) is 0 Å². The average Bonchev–Trinajstić information content (AvgIpc) is 2.67. The number of aliphatic hydroxyl groups is 1. The molecule has 2 rings (SSSR count). The summed E-state index contributed by atoms with van der Waals surface area (Å²) in [5, 5.41) is 13.5. The Balaban J connectivity index is 2.22. The van der Waals surface area contributed by atoms with Crippen molar-refractivity contribution in [1.29, 1.82) is 0 Å². The zero-order chi connectivity index (χ0) is 12.4. The Bertz CT molecular complexity index is 523. The van der Waals surface area contributed by atoms with Crippen LogP contribution in [-0.2, 0) is 7.05 Å². The molecule has 0 aliphatic heterocycles. The summed E-state index contributed by atoms with van der Waals surface area (Å²) in [4.78, 5) is 0. The lowest BCUT2D eigenvalue weighted by molar-refractivity contribution is 0.199. The van der Waals surface area contributed by atoms with Crippen molar-refractivity contribution in [1.82, 2.24) is 9.78 Å². The molecule has 0 fully saturated rings. The molecule has 5 heteroatoms. The third-order valence-corrected chi connectivity index (χ3v) is 2.97. The smallest absolute Gasteiger partial charge is 0.165 e. The van der Waals surface area contributed by atoms with E-state index in [1.807, 2.05) is 25.2 Å². The largest absolute Gasteiger partial charge is 0.453 e. The Morgan fingerprint density at radius 1 is 1.47 bits per heavy atom. The third kappa shape index (κ3) is 2.87. The van der Waals surface area contributed by atoms with Gasteiger partial charge < -0.3 is 9.84 Å². The van der Waals surface area contributed by atoms with Crippen molar-refractivity contribution < 1.29 is 9.84 Å². The number of rotatable bonds is 3. The highest BCUT2D eigenvalue weighted by molar-refractivity contribution is 9.10. The number of aryl methyl sites for hydroxylation is 1. The molecule has 0 spiro atoms. The lowest BCUT2D eigenvalue weighted by atomic mass is 10.1. The predicted molar refractivity (Wildman–Crippen MR) is 68.1 cm³/mol. The second-order valence-corrected chi connectivity index (χ2v) is 4.67. The fraction of sp³-hybridized carbons (Fsp3) is 0.250. The Kier molecular flexibility index (Phi) is 3.49. The summed E-state index contributed by atoms with van der Waals surface area (Å²) in [7, 11) is 1.83. The van der Waals surface area contributed by atoms with Crippen LogP contribution in [0.5, 0.6) is 11.5 Å². The molecule has 0 saturated heterocycles. The van der Waals surface area contributed by atoms with Gasteiger partial charge in [-0.15, -0.1) is 0 Å². The van der Waals surface area contributed by atoms with E-state index in [1.165, 1.54) is 0 Å². The maximum atomic E-state index is 9.46. The zero-order valence-corrected chi connectivity index (χ0v) is 11.2. The Morgan fingerprint density at radius 2 is 2.24 bits per heavy atom. The maximum Gasteiger partial charge on any atom is 0.165 e. The highest BCUT2D eigenvalue weighted by Gasteiger charge is 2.07. The number of halogens is 1. The molecule has 0 unspecified atom stereocenters. The van der Waals surface area contributed by atoms with Gasteiger partial charge in [-0.05, 0) is 40.5 Å². The summed E-state index contributed by atoms with van der Waals surface area (Å²) in [6.07, 6.45) is 2.95. The summed E-state index contributed by atoms with van der Waals surface area (Å²) in [5.41, 5.74) is 0.843. The molecule has 90 valence electrons. The molecule has 0 bridgehead atoms. The van der Waals surface area contributed by atoms with Crippen LogP contribution in [0, 0.1) is 0 Å². The number of nitrogens with zero attached hydrogens (tertiary/aromatic N) is 2. The number of benzene rings is 1. The first-order chi connectivity index (χ1) is 8.06. The minimum Gasteiger partial charge on any atom is -0.453 e. The van der Waals surface area contributed by atoms with Crippen molar-refractivity contribution in [3.63, 3.8) is 0 Å². The van der Waals surface area contributed by atoms with Gasteiger partial charge in [-0.2, -0.15) is 5.10 Å². The fourth-order valence-corrected chi connectivity index (χ4v) is 1.92. The van der Waals surface area contributed by atoms with E-state index in [0.29, 0.717) is 11.5 Å². The molecule has 2 aromatic rings. The predicted octanol–water partition coefficient (Wildman–Crippen LogP) is 3.03. The molecule has 1 aromatic carbocycles. The van der Waals surface area contributed by atoms with Crippen LogP contribution in [0.4, 0.5) is 0 Å². The summed E-state index contributed by atoms with van der Waals surface area (Å²) in [5.74, 6) is 1.38. The number of hydrogen-bond donors (Lipinski definition) is 1. The summed E-state index contributed by atoms with van der Waals surface area (Å²) in [6, 6.07) is 5.50. The lowest BCUT2D eigenvalue weighted by Crippen LogP contribution is -1.92. The Hall–Kier alpha value is -1.33. The second kappa shape index (κ2) is 4.89. The molecule has 1 aromatic heterocycles. The van der Waals surface area contributed by atoms with Crippen molar-refractivity contribution in [2.24, 2.45) is 7.05 Å². The van der Waals surface area contributed by atoms with Gasteiger partial charge in [0.1, 0.15) is 5.75 Å². The summed E-state index contributed by atoms with van der Waals surface area (Å²) < 4.78 is 8.13. The highest BCUT2D eigenvalue weighted by atomic mass is 79.9. The molecule has 0 amide bonds. The van der Waals surface area contributed by atoms with Gasteiger partial charge in [0.05, 0.1) is 23.0 Å². The average molecular weight is 297 g/mol. The molecule has 0 radical (unpaired) electrons. The van der Waals surface area contributed by atoms with Crippen molar-refractivity contribution in [3.8, 4) is 11.5 Å². The molecule has 4 nitrogen and oxygen atoms in total. The molecular formula is C12H13BrN2O2. The van der Waals surface area contributed by atoms with Crippen LogP contribution in [-0.4, -0.2) is 14.9 Å². The standard InChI is InChI=1S/C12H13BrN2O2/c1-8(16)9-3-4-12(11(13)5-9)17-10-6-14-15(2)7-10/h3-8,16H,1-2H3/t8-/m1/s1. The van der Waals surface area contributed by atoms with Crippen LogP contribution in [0.1, 0.15) is 18.6 Å². The third-order valence-electron chi connectivity index (χ3n) is 2.35. The molecular weight excluding hydrogens is 284 g/mol. The van der Waals surface area contributed by atoms with E-state index in [0.717, 1.165) is 10.0 Å². The number of aliphatic hydroxyl groups excluding tert-OH is 1. The molecule has 0 aliphatic rings. The normalized spacial score (nSPS) is 12.5. The molecule has 1 N–H and O–H groups in total. The van der Waals surface area contributed by atoms with Gasteiger partial charge in [-0.1, -0.05) is 6.07 Å². The highest BCUT2D eigenvalue weighted by Crippen LogP contribution is 2.31. The van der Waals surface area contributed by atoms with Gasteiger partial charge >= 0.3 is 0 Å². The minimum absolute atomic E-state index is 0.487.